The summed E-state index contributed by atoms with van der Waals surface area (Å²) in [4.78, 5) is 23.9. The van der Waals surface area contributed by atoms with Crippen LogP contribution in [0.1, 0.15) is 28.3 Å². The van der Waals surface area contributed by atoms with Gasteiger partial charge < -0.3 is 15.4 Å². The molecule has 2 N–H and O–H groups in total. The van der Waals surface area contributed by atoms with Crippen LogP contribution >= 0.6 is 0 Å². The van der Waals surface area contributed by atoms with Crippen LogP contribution in [0.25, 0.3) is 0 Å². The smallest absolute Gasteiger partial charge is 0.251 e. The highest BCUT2D eigenvalue weighted by atomic mass is 16.5. The lowest BCUT2D eigenvalue weighted by Crippen LogP contribution is -2.39. The topological polar surface area (TPSA) is 67.4 Å². The third-order valence-electron chi connectivity index (χ3n) is 4.07. The molecule has 1 heterocycles. The summed E-state index contributed by atoms with van der Waals surface area (Å²) in [5, 5.41) is 5.52. The van der Waals surface area contributed by atoms with Gasteiger partial charge in [0.25, 0.3) is 5.91 Å². The number of carbonyl (C=O) groups excluding carboxylic acids is 2. The van der Waals surface area contributed by atoms with Crippen molar-refractivity contribution in [1.82, 2.24) is 10.6 Å². The van der Waals surface area contributed by atoms with Gasteiger partial charge in [-0.3, -0.25) is 9.59 Å². The van der Waals surface area contributed by atoms with E-state index in [2.05, 4.69) is 10.6 Å². The minimum atomic E-state index is -0.248. The molecule has 0 aromatic heterocycles. The summed E-state index contributed by atoms with van der Waals surface area (Å²) in [5.41, 5.74) is 1.67. The highest BCUT2D eigenvalue weighted by Gasteiger charge is 2.21. The van der Waals surface area contributed by atoms with E-state index in [-0.39, 0.29) is 24.3 Å². The van der Waals surface area contributed by atoms with E-state index in [1.165, 1.54) is 0 Å². The van der Waals surface area contributed by atoms with E-state index in [1.807, 2.05) is 30.3 Å². The van der Waals surface area contributed by atoms with Crippen molar-refractivity contribution in [3.05, 3.63) is 65.7 Å². The van der Waals surface area contributed by atoms with Gasteiger partial charge in [0.05, 0.1) is 13.2 Å². The Morgan fingerprint density at radius 2 is 1.75 bits per heavy atom. The van der Waals surface area contributed by atoms with Gasteiger partial charge in [0, 0.05) is 18.0 Å². The van der Waals surface area contributed by atoms with E-state index < -0.39 is 0 Å². The molecule has 2 amide bonds. The third kappa shape index (κ3) is 3.93. The van der Waals surface area contributed by atoms with Crippen molar-refractivity contribution in [3.8, 4) is 5.75 Å². The molecular weight excluding hydrogens is 304 g/mol. The van der Waals surface area contributed by atoms with Crippen LogP contribution in [0.15, 0.2) is 54.6 Å². The maximum absolute atomic E-state index is 12.0. The molecule has 1 aliphatic heterocycles. The summed E-state index contributed by atoms with van der Waals surface area (Å²) in [6, 6.07) is 16.7. The zero-order valence-corrected chi connectivity index (χ0v) is 13.3. The summed E-state index contributed by atoms with van der Waals surface area (Å²) in [6.07, 6.45) is 0.869. The van der Waals surface area contributed by atoms with E-state index in [1.54, 1.807) is 24.3 Å². The molecule has 1 aliphatic rings. The lowest BCUT2D eigenvalue weighted by molar-refractivity contribution is -0.120. The Bertz CT molecular complexity index is 716. The Balaban J connectivity index is 1.47. The Morgan fingerprint density at radius 1 is 1.00 bits per heavy atom. The molecule has 0 bridgehead atoms. The Kier molecular flexibility index (Phi) is 5.11. The first-order valence-electron chi connectivity index (χ1n) is 8.05. The van der Waals surface area contributed by atoms with Gasteiger partial charge in [-0.2, -0.15) is 0 Å². The molecule has 1 unspecified atom stereocenters. The highest BCUT2D eigenvalue weighted by Crippen LogP contribution is 2.32. The minimum Gasteiger partial charge on any atom is -0.493 e. The first-order chi connectivity index (χ1) is 11.7. The van der Waals surface area contributed by atoms with E-state index in [0.717, 1.165) is 17.7 Å². The highest BCUT2D eigenvalue weighted by molar-refractivity contribution is 5.96. The van der Waals surface area contributed by atoms with Crippen LogP contribution in [-0.2, 0) is 4.79 Å². The van der Waals surface area contributed by atoms with Gasteiger partial charge in [-0.1, -0.05) is 36.4 Å². The fourth-order valence-corrected chi connectivity index (χ4v) is 2.78. The molecule has 24 heavy (non-hydrogen) atoms. The monoisotopic (exact) mass is 324 g/mol. The van der Waals surface area contributed by atoms with Crippen LogP contribution in [0, 0.1) is 0 Å². The summed E-state index contributed by atoms with van der Waals surface area (Å²) >= 11 is 0. The normalized spacial score (nSPS) is 15.8. The van der Waals surface area contributed by atoms with Crippen LogP contribution in [0.5, 0.6) is 5.75 Å². The van der Waals surface area contributed by atoms with Crippen molar-refractivity contribution in [2.45, 2.75) is 12.3 Å². The molecule has 2 aromatic carbocycles. The Labute approximate surface area is 141 Å². The van der Waals surface area contributed by atoms with Gasteiger partial charge >= 0.3 is 0 Å². The molecule has 0 fully saturated rings. The second-order valence-electron chi connectivity index (χ2n) is 5.72. The van der Waals surface area contributed by atoms with Crippen LogP contribution in [0.3, 0.4) is 0 Å². The van der Waals surface area contributed by atoms with Gasteiger partial charge in [0.15, 0.2) is 0 Å². The Morgan fingerprint density at radius 3 is 2.58 bits per heavy atom. The second-order valence-corrected chi connectivity index (χ2v) is 5.72. The summed E-state index contributed by atoms with van der Waals surface area (Å²) < 4.78 is 5.62. The lowest BCUT2D eigenvalue weighted by Gasteiger charge is -2.26. The number of nitrogens with one attached hydrogen (secondary N) is 2. The lowest BCUT2D eigenvalue weighted by atomic mass is 9.93. The number of rotatable bonds is 5. The average molecular weight is 324 g/mol. The average Bonchev–Trinajstić information content (AvgIpc) is 2.65. The number of fused-ring (bicyclic) bond motifs is 1. The van der Waals surface area contributed by atoms with Crippen LogP contribution in [-0.4, -0.2) is 31.5 Å². The fraction of sp³-hybridized carbons (Fsp3) is 0.263. The number of para-hydroxylation sites is 1. The van der Waals surface area contributed by atoms with Crippen LogP contribution < -0.4 is 15.4 Å². The predicted molar refractivity (Wildman–Crippen MR) is 91.1 cm³/mol. The van der Waals surface area contributed by atoms with Crippen molar-refractivity contribution < 1.29 is 14.3 Å². The minimum absolute atomic E-state index is 0.0292. The van der Waals surface area contributed by atoms with Crippen molar-refractivity contribution in [1.29, 1.82) is 0 Å². The maximum Gasteiger partial charge on any atom is 0.251 e. The molecule has 0 saturated carbocycles. The van der Waals surface area contributed by atoms with Gasteiger partial charge in [0.1, 0.15) is 5.75 Å². The molecule has 1 atom stereocenters. The summed E-state index contributed by atoms with van der Waals surface area (Å²) in [6.45, 7) is 1.17. The molecule has 124 valence electrons. The second kappa shape index (κ2) is 7.64. The largest absolute Gasteiger partial charge is 0.493 e. The zero-order valence-electron chi connectivity index (χ0n) is 13.3. The molecule has 0 aliphatic carbocycles. The molecular formula is C19H20N2O3. The molecule has 2 aromatic rings. The Hall–Kier alpha value is -2.82. The van der Waals surface area contributed by atoms with Gasteiger partial charge in [-0.15, -0.1) is 0 Å². The first-order valence-corrected chi connectivity index (χ1v) is 8.05. The van der Waals surface area contributed by atoms with Gasteiger partial charge in [-0.25, -0.2) is 0 Å². The quantitative estimate of drug-likeness (QED) is 0.885. The molecule has 0 saturated heterocycles. The standard InChI is InChI=1S/C19H20N2O3/c22-18(13-21-19(23)14-6-2-1-3-7-14)20-12-15-10-11-24-17-9-5-4-8-16(15)17/h1-9,15H,10-13H2,(H,20,22)(H,21,23). The molecule has 5 nitrogen and oxygen atoms in total. The number of benzene rings is 2. The number of hydrogen-bond donors (Lipinski definition) is 2. The zero-order chi connectivity index (χ0) is 16.8. The molecule has 0 spiro atoms. The van der Waals surface area contributed by atoms with Crippen molar-refractivity contribution >= 4 is 11.8 Å². The number of ether oxygens (including phenoxy) is 1. The number of amides is 2. The maximum atomic E-state index is 12.0. The van der Waals surface area contributed by atoms with Gasteiger partial charge in [-0.05, 0) is 30.2 Å². The molecule has 5 heteroatoms. The van der Waals surface area contributed by atoms with E-state index in [4.69, 9.17) is 4.74 Å². The van der Waals surface area contributed by atoms with Crippen molar-refractivity contribution in [3.63, 3.8) is 0 Å². The van der Waals surface area contributed by atoms with Crippen molar-refractivity contribution in [2.24, 2.45) is 0 Å². The van der Waals surface area contributed by atoms with Crippen LogP contribution in [0.2, 0.25) is 0 Å². The van der Waals surface area contributed by atoms with Crippen molar-refractivity contribution in [2.75, 3.05) is 19.7 Å². The number of hydrogen-bond acceptors (Lipinski definition) is 3. The number of carbonyl (C=O) groups is 2. The summed E-state index contributed by atoms with van der Waals surface area (Å²) in [5.74, 6) is 0.689. The summed E-state index contributed by atoms with van der Waals surface area (Å²) in [7, 11) is 0. The first kappa shape index (κ1) is 16.1. The molecule has 3 rings (SSSR count). The van der Waals surface area contributed by atoms with Gasteiger partial charge in [0.2, 0.25) is 5.91 Å². The SMILES string of the molecule is O=C(CNC(=O)c1ccccc1)NCC1CCOc2ccccc21. The van der Waals surface area contributed by atoms with E-state index in [9.17, 15) is 9.59 Å². The predicted octanol–water partition coefficient (Wildman–Crippen LogP) is 2.10. The fourth-order valence-electron chi connectivity index (χ4n) is 2.78. The molecule has 0 radical (unpaired) electrons. The van der Waals surface area contributed by atoms with E-state index in [0.29, 0.717) is 18.7 Å². The van der Waals surface area contributed by atoms with E-state index >= 15 is 0 Å². The third-order valence-corrected chi connectivity index (χ3v) is 4.07. The van der Waals surface area contributed by atoms with Crippen LogP contribution in [0.4, 0.5) is 0 Å².